The zero-order chi connectivity index (χ0) is 11.4. The lowest BCUT2D eigenvalue weighted by Crippen LogP contribution is -2.23. The Balaban J connectivity index is 2.07. The van der Waals surface area contributed by atoms with Crippen LogP contribution >= 0.6 is 0 Å². The SMILES string of the molecule is N#CCOc1ccc(N2CCCC2=O)cc1. The van der Waals surface area contributed by atoms with Gasteiger partial charge >= 0.3 is 0 Å². The molecule has 0 saturated carbocycles. The predicted octanol–water partition coefficient (Wildman–Crippen LogP) is 1.72. The van der Waals surface area contributed by atoms with Crippen LogP contribution in [0.4, 0.5) is 5.69 Å². The third-order valence-electron chi connectivity index (χ3n) is 2.53. The summed E-state index contributed by atoms with van der Waals surface area (Å²) in [6, 6.07) is 9.14. The van der Waals surface area contributed by atoms with Gasteiger partial charge in [-0.2, -0.15) is 5.26 Å². The molecule has 0 aliphatic carbocycles. The molecule has 1 aromatic carbocycles. The van der Waals surface area contributed by atoms with E-state index in [9.17, 15) is 4.79 Å². The van der Waals surface area contributed by atoms with E-state index in [0.29, 0.717) is 12.2 Å². The molecule has 0 aromatic heterocycles. The van der Waals surface area contributed by atoms with Gasteiger partial charge < -0.3 is 9.64 Å². The maximum atomic E-state index is 11.5. The lowest BCUT2D eigenvalue weighted by molar-refractivity contribution is -0.117. The van der Waals surface area contributed by atoms with Crippen LogP contribution in [0.15, 0.2) is 24.3 Å². The highest BCUT2D eigenvalue weighted by Crippen LogP contribution is 2.23. The number of rotatable bonds is 3. The number of hydrogen-bond acceptors (Lipinski definition) is 3. The van der Waals surface area contributed by atoms with Crippen molar-refractivity contribution in [3.8, 4) is 11.8 Å². The molecule has 1 fully saturated rings. The third kappa shape index (κ3) is 2.14. The van der Waals surface area contributed by atoms with Crippen LogP contribution in [0.3, 0.4) is 0 Å². The second-order valence-electron chi connectivity index (χ2n) is 3.59. The molecule has 4 heteroatoms. The number of carbonyl (C=O) groups is 1. The van der Waals surface area contributed by atoms with Gasteiger partial charge in [-0.15, -0.1) is 0 Å². The zero-order valence-corrected chi connectivity index (χ0v) is 8.85. The van der Waals surface area contributed by atoms with Crippen molar-refractivity contribution in [3.05, 3.63) is 24.3 Å². The maximum absolute atomic E-state index is 11.5. The lowest BCUT2D eigenvalue weighted by Gasteiger charge is -2.15. The van der Waals surface area contributed by atoms with Crippen LogP contribution < -0.4 is 9.64 Å². The molecule has 0 radical (unpaired) electrons. The molecule has 0 spiro atoms. The summed E-state index contributed by atoms with van der Waals surface area (Å²) in [4.78, 5) is 13.3. The van der Waals surface area contributed by atoms with Gasteiger partial charge in [-0.3, -0.25) is 4.79 Å². The molecule has 0 unspecified atom stereocenters. The fourth-order valence-electron chi connectivity index (χ4n) is 1.76. The monoisotopic (exact) mass is 216 g/mol. The van der Waals surface area contributed by atoms with Gasteiger partial charge in [0.05, 0.1) is 0 Å². The molecule has 1 saturated heterocycles. The molecule has 16 heavy (non-hydrogen) atoms. The van der Waals surface area contributed by atoms with E-state index in [1.165, 1.54) is 0 Å². The molecule has 0 N–H and O–H groups in total. The van der Waals surface area contributed by atoms with E-state index in [0.717, 1.165) is 18.7 Å². The van der Waals surface area contributed by atoms with E-state index < -0.39 is 0 Å². The molecule has 4 nitrogen and oxygen atoms in total. The van der Waals surface area contributed by atoms with Gasteiger partial charge in [-0.1, -0.05) is 0 Å². The van der Waals surface area contributed by atoms with Gasteiger partial charge in [0, 0.05) is 18.7 Å². The highest BCUT2D eigenvalue weighted by atomic mass is 16.5. The second-order valence-corrected chi connectivity index (χ2v) is 3.59. The molecular weight excluding hydrogens is 204 g/mol. The average Bonchev–Trinajstić information content (AvgIpc) is 2.74. The Labute approximate surface area is 94.0 Å². The number of carbonyl (C=O) groups excluding carboxylic acids is 1. The smallest absolute Gasteiger partial charge is 0.227 e. The van der Waals surface area contributed by atoms with Crippen molar-refractivity contribution in [2.45, 2.75) is 12.8 Å². The van der Waals surface area contributed by atoms with E-state index in [2.05, 4.69) is 0 Å². The number of benzene rings is 1. The number of nitrogens with zero attached hydrogens (tertiary/aromatic N) is 2. The first kappa shape index (κ1) is 10.5. The summed E-state index contributed by atoms with van der Waals surface area (Å²) >= 11 is 0. The van der Waals surface area contributed by atoms with Crippen molar-refractivity contribution < 1.29 is 9.53 Å². The number of anilines is 1. The Morgan fingerprint density at radius 2 is 2.12 bits per heavy atom. The van der Waals surface area contributed by atoms with Crippen molar-refractivity contribution in [2.24, 2.45) is 0 Å². The van der Waals surface area contributed by atoms with E-state index in [1.54, 1.807) is 17.0 Å². The highest BCUT2D eigenvalue weighted by molar-refractivity contribution is 5.95. The standard InChI is InChI=1S/C12H12N2O2/c13-7-9-16-11-5-3-10(4-6-11)14-8-1-2-12(14)15/h3-6H,1-2,8-9H2. The quantitative estimate of drug-likeness (QED) is 0.773. The number of hydrogen-bond donors (Lipinski definition) is 0. The van der Waals surface area contributed by atoms with Crippen molar-refractivity contribution in [1.82, 2.24) is 0 Å². The maximum Gasteiger partial charge on any atom is 0.227 e. The number of nitriles is 1. The van der Waals surface area contributed by atoms with Crippen molar-refractivity contribution in [2.75, 3.05) is 18.1 Å². The van der Waals surface area contributed by atoms with E-state index in [-0.39, 0.29) is 12.5 Å². The summed E-state index contributed by atoms with van der Waals surface area (Å²) in [6.45, 7) is 0.833. The molecule has 82 valence electrons. The van der Waals surface area contributed by atoms with Gasteiger partial charge in [-0.25, -0.2) is 0 Å². The fraction of sp³-hybridized carbons (Fsp3) is 0.333. The zero-order valence-electron chi connectivity index (χ0n) is 8.85. The Hall–Kier alpha value is -2.02. The van der Waals surface area contributed by atoms with Crippen LogP contribution in [0.2, 0.25) is 0 Å². The molecule has 1 aromatic rings. The number of amides is 1. The topological polar surface area (TPSA) is 53.3 Å². The summed E-state index contributed by atoms with van der Waals surface area (Å²) in [7, 11) is 0. The summed E-state index contributed by atoms with van der Waals surface area (Å²) in [5.74, 6) is 0.822. The van der Waals surface area contributed by atoms with Crippen LogP contribution in [0.5, 0.6) is 5.75 Å². The largest absolute Gasteiger partial charge is 0.479 e. The lowest BCUT2D eigenvalue weighted by atomic mass is 10.3. The Morgan fingerprint density at radius 1 is 1.38 bits per heavy atom. The minimum absolute atomic E-state index is 0.0436. The van der Waals surface area contributed by atoms with Gasteiger partial charge in [-0.05, 0) is 30.7 Å². The molecule has 1 heterocycles. The predicted molar refractivity (Wildman–Crippen MR) is 59.1 cm³/mol. The van der Waals surface area contributed by atoms with Crippen LogP contribution in [0.1, 0.15) is 12.8 Å². The van der Waals surface area contributed by atoms with Crippen LogP contribution in [-0.2, 0) is 4.79 Å². The van der Waals surface area contributed by atoms with Crippen molar-refractivity contribution >= 4 is 11.6 Å². The molecule has 1 amide bonds. The van der Waals surface area contributed by atoms with Gasteiger partial charge in [0.2, 0.25) is 5.91 Å². The van der Waals surface area contributed by atoms with E-state index in [4.69, 9.17) is 10.00 Å². The van der Waals surface area contributed by atoms with Gasteiger partial charge in [0.25, 0.3) is 0 Å². The summed E-state index contributed by atoms with van der Waals surface area (Å²) in [6.07, 6.45) is 1.55. The summed E-state index contributed by atoms with van der Waals surface area (Å²) in [5, 5.41) is 8.36. The Morgan fingerprint density at radius 3 is 2.69 bits per heavy atom. The molecule has 0 bridgehead atoms. The second kappa shape index (κ2) is 4.67. The fourth-order valence-corrected chi connectivity index (χ4v) is 1.76. The third-order valence-corrected chi connectivity index (χ3v) is 2.53. The highest BCUT2D eigenvalue weighted by Gasteiger charge is 2.21. The molecule has 0 atom stereocenters. The van der Waals surface area contributed by atoms with Crippen molar-refractivity contribution in [3.63, 3.8) is 0 Å². The minimum atomic E-state index is 0.0436. The first-order valence-corrected chi connectivity index (χ1v) is 5.21. The normalized spacial score (nSPS) is 14.9. The first-order valence-electron chi connectivity index (χ1n) is 5.21. The molecular formula is C12H12N2O2. The summed E-state index contributed by atoms with van der Waals surface area (Å²) < 4.78 is 5.14. The molecule has 2 rings (SSSR count). The van der Waals surface area contributed by atoms with E-state index in [1.807, 2.05) is 18.2 Å². The average molecular weight is 216 g/mol. The number of ether oxygens (including phenoxy) is 1. The van der Waals surface area contributed by atoms with Gasteiger partial charge in [0.1, 0.15) is 11.8 Å². The Bertz CT molecular complexity index is 420. The molecule has 1 aliphatic rings. The summed E-state index contributed by atoms with van der Waals surface area (Å²) in [5.41, 5.74) is 0.895. The molecule has 1 aliphatic heterocycles. The van der Waals surface area contributed by atoms with Crippen LogP contribution in [-0.4, -0.2) is 19.1 Å². The van der Waals surface area contributed by atoms with Crippen molar-refractivity contribution in [1.29, 1.82) is 5.26 Å². The Kier molecular flexibility index (Phi) is 3.06. The van der Waals surface area contributed by atoms with E-state index >= 15 is 0 Å². The van der Waals surface area contributed by atoms with Gasteiger partial charge in [0.15, 0.2) is 6.61 Å². The van der Waals surface area contributed by atoms with Crippen LogP contribution in [0, 0.1) is 11.3 Å². The minimum Gasteiger partial charge on any atom is -0.479 e. The van der Waals surface area contributed by atoms with Crippen LogP contribution in [0.25, 0.3) is 0 Å². The first-order chi connectivity index (χ1) is 7.81.